The van der Waals surface area contributed by atoms with Crippen molar-refractivity contribution in [3.63, 3.8) is 0 Å². The topological polar surface area (TPSA) is 129 Å². The first-order valence-electron chi connectivity index (χ1n) is 10.7. The van der Waals surface area contributed by atoms with E-state index in [-0.39, 0.29) is 6.42 Å². The van der Waals surface area contributed by atoms with Crippen molar-refractivity contribution in [2.75, 3.05) is 0 Å². The van der Waals surface area contributed by atoms with E-state index >= 15 is 0 Å². The zero-order valence-corrected chi connectivity index (χ0v) is 23.0. The average molecular weight is 674 g/mol. The first-order chi connectivity index (χ1) is 14.0. The SMILES string of the molecule is CCCCCCCC(I)C(C(=O)O)C(C(=O)O)(C(I)CCCCCCC)S(=O)(=O)O. The van der Waals surface area contributed by atoms with E-state index in [1.807, 2.05) is 22.6 Å². The third-order valence-electron chi connectivity index (χ3n) is 5.46. The monoisotopic (exact) mass is 674 g/mol. The van der Waals surface area contributed by atoms with E-state index in [0.29, 0.717) is 19.3 Å². The number of carboxylic acid groups (broad SMARTS) is 2. The molecule has 0 spiro atoms. The number of carboxylic acids is 2. The van der Waals surface area contributed by atoms with Gasteiger partial charge in [0.25, 0.3) is 10.1 Å². The molecule has 0 bridgehead atoms. The lowest BCUT2D eigenvalue weighted by molar-refractivity contribution is -0.152. The van der Waals surface area contributed by atoms with Gasteiger partial charge in [0.2, 0.25) is 4.75 Å². The summed E-state index contributed by atoms with van der Waals surface area (Å²) >= 11 is 3.55. The Morgan fingerprint density at radius 1 is 0.833 bits per heavy atom. The molecule has 0 aromatic rings. The van der Waals surface area contributed by atoms with E-state index < -0.39 is 40.6 Å². The van der Waals surface area contributed by atoms with E-state index in [1.165, 1.54) is 0 Å². The third kappa shape index (κ3) is 8.68. The van der Waals surface area contributed by atoms with Gasteiger partial charge in [-0.2, -0.15) is 8.42 Å². The van der Waals surface area contributed by atoms with Crippen molar-refractivity contribution >= 4 is 67.2 Å². The Morgan fingerprint density at radius 2 is 1.27 bits per heavy atom. The second-order valence-electron chi connectivity index (χ2n) is 7.78. The smallest absolute Gasteiger partial charge is 0.329 e. The molecule has 4 unspecified atom stereocenters. The lowest BCUT2D eigenvalue weighted by atomic mass is 9.82. The van der Waals surface area contributed by atoms with Crippen molar-refractivity contribution in [3.05, 3.63) is 0 Å². The molecule has 0 aromatic heterocycles. The van der Waals surface area contributed by atoms with Crippen LogP contribution < -0.4 is 0 Å². The maximum atomic E-state index is 12.4. The molecular formula is C20H36I2O7S. The van der Waals surface area contributed by atoms with Gasteiger partial charge in [0, 0.05) is 7.85 Å². The van der Waals surface area contributed by atoms with Crippen molar-refractivity contribution < 1.29 is 32.8 Å². The van der Waals surface area contributed by atoms with Gasteiger partial charge in [-0.3, -0.25) is 14.1 Å². The summed E-state index contributed by atoms with van der Waals surface area (Å²) in [6.07, 6.45) is 9.65. The van der Waals surface area contributed by atoms with Crippen molar-refractivity contribution in [1.29, 1.82) is 0 Å². The van der Waals surface area contributed by atoms with Gasteiger partial charge in [-0.05, 0) is 12.8 Å². The van der Waals surface area contributed by atoms with Crippen LogP contribution in [-0.2, 0) is 19.7 Å². The Bertz CT molecular complexity index is 627. The van der Waals surface area contributed by atoms with Gasteiger partial charge in [-0.15, -0.1) is 0 Å². The first kappa shape index (κ1) is 30.3. The van der Waals surface area contributed by atoms with Crippen molar-refractivity contribution in [1.82, 2.24) is 0 Å². The van der Waals surface area contributed by atoms with Crippen LogP contribution in [0.1, 0.15) is 90.9 Å². The van der Waals surface area contributed by atoms with Crippen molar-refractivity contribution in [3.8, 4) is 0 Å². The Labute approximate surface area is 208 Å². The van der Waals surface area contributed by atoms with Gasteiger partial charge in [0.15, 0.2) is 0 Å². The largest absolute Gasteiger partial charge is 0.481 e. The normalized spacial score (nSPS) is 17.1. The summed E-state index contributed by atoms with van der Waals surface area (Å²) in [5, 5.41) is 19.8. The minimum Gasteiger partial charge on any atom is -0.481 e. The van der Waals surface area contributed by atoms with Crippen LogP contribution in [0.2, 0.25) is 0 Å². The minimum absolute atomic E-state index is 0.208. The summed E-state index contributed by atoms with van der Waals surface area (Å²) < 4.78 is 30.3. The molecule has 0 fully saturated rings. The van der Waals surface area contributed by atoms with Crippen LogP contribution in [0.15, 0.2) is 0 Å². The molecule has 0 saturated carbocycles. The van der Waals surface area contributed by atoms with Crippen LogP contribution in [-0.4, -0.2) is 47.7 Å². The molecule has 0 heterocycles. The summed E-state index contributed by atoms with van der Waals surface area (Å²) in [5.41, 5.74) is 0. The summed E-state index contributed by atoms with van der Waals surface area (Å²) in [6.45, 7) is 4.15. The van der Waals surface area contributed by atoms with Crippen LogP contribution in [0.25, 0.3) is 0 Å². The molecule has 0 aliphatic rings. The summed E-state index contributed by atoms with van der Waals surface area (Å²) in [7, 11) is -5.19. The van der Waals surface area contributed by atoms with Crippen molar-refractivity contribution in [2.45, 2.75) is 103 Å². The Balaban J connectivity index is 5.76. The number of unbranched alkanes of at least 4 members (excludes halogenated alkanes) is 8. The molecular weight excluding hydrogens is 638 g/mol. The molecule has 0 aliphatic heterocycles. The minimum atomic E-state index is -5.19. The standard InChI is InChI=1S/C20H36I2O7S/c1-3-5-7-9-11-13-15(21)17(18(23)24)20(19(25)26,30(27,28)29)16(22)14-12-10-8-6-4-2/h15-17H,3-14H2,1-2H3,(H,23,24)(H,25,26)(H,27,28,29). The number of alkyl halides is 2. The van der Waals surface area contributed by atoms with Crippen molar-refractivity contribution in [2.24, 2.45) is 5.92 Å². The van der Waals surface area contributed by atoms with Crippen LogP contribution in [0.3, 0.4) is 0 Å². The summed E-state index contributed by atoms with van der Waals surface area (Å²) in [4.78, 5) is 24.4. The molecule has 3 N–H and O–H groups in total. The van der Waals surface area contributed by atoms with Crippen LogP contribution in [0.4, 0.5) is 0 Å². The Kier molecular flexibility index (Phi) is 15.4. The molecule has 4 atom stereocenters. The zero-order chi connectivity index (χ0) is 23.4. The number of halogens is 2. The molecule has 0 aliphatic carbocycles. The van der Waals surface area contributed by atoms with Crippen LogP contribution in [0.5, 0.6) is 0 Å². The van der Waals surface area contributed by atoms with Gasteiger partial charge < -0.3 is 10.2 Å². The lowest BCUT2D eigenvalue weighted by Crippen LogP contribution is -2.62. The third-order valence-corrected chi connectivity index (χ3v) is 10.4. The number of rotatable bonds is 18. The van der Waals surface area contributed by atoms with Gasteiger partial charge in [0.05, 0.1) is 0 Å². The van der Waals surface area contributed by atoms with E-state index in [4.69, 9.17) is 0 Å². The predicted octanol–water partition coefficient (Wildman–Crippen LogP) is 5.73. The number of hydrogen-bond donors (Lipinski definition) is 3. The van der Waals surface area contributed by atoms with E-state index in [2.05, 4.69) is 13.8 Å². The zero-order valence-electron chi connectivity index (χ0n) is 17.9. The average Bonchev–Trinajstić information content (AvgIpc) is 2.63. The first-order valence-corrected chi connectivity index (χ1v) is 14.6. The Morgan fingerprint density at radius 3 is 1.63 bits per heavy atom. The van der Waals surface area contributed by atoms with Gasteiger partial charge >= 0.3 is 11.9 Å². The highest BCUT2D eigenvalue weighted by Crippen LogP contribution is 2.43. The molecule has 7 nitrogen and oxygen atoms in total. The fraction of sp³-hybridized carbons (Fsp3) is 0.900. The lowest BCUT2D eigenvalue weighted by Gasteiger charge is -2.38. The predicted molar refractivity (Wildman–Crippen MR) is 135 cm³/mol. The van der Waals surface area contributed by atoms with E-state index in [0.717, 1.165) is 51.4 Å². The fourth-order valence-electron chi connectivity index (χ4n) is 3.75. The molecule has 0 radical (unpaired) electrons. The summed E-state index contributed by atoms with van der Waals surface area (Å²) in [5.74, 6) is -5.04. The molecule has 0 saturated heterocycles. The number of carbonyl (C=O) groups is 2. The molecule has 0 amide bonds. The number of aliphatic carboxylic acids is 2. The molecule has 10 heteroatoms. The number of hydrogen-bond acceptors (Lipinski definition) is 4. The second-order valence-corrected chi connectivity index (χ2v) is 12.5. The quantitative estimate of drug-likeness (QED) is 0.0734. The summed E-state index contributed by atoms with van der Waals surface area (Å²) in [6, 6.07) is 0. The molecule has 30 heavy (non-hydrogen) atoms. The molecule has 178 valence electrons. The van der Waals surface area contributed by atoms with Crippen LogP contribution in [0, 0.1) is 5.92 Å². The highest BCUT2D eigenvalue weighted by Gasteiger charge is 2.65. The molecule has 0 aromatic carbocycles. The van der Waals surface area contributed by atoms with Gasteiger partial charge in [-0.25, -0.2) is 0 Å². The van der Waals surface area contributed by atoms with E-state index in [1.54, 1.807) is 22.6 Å². The highest BCUT2D eigenvalue weighted by atomic mass is 127. The van der Waals surface area contributed by atoms with Gasteiger partial charge in [-0.1, -0.05) is 123 Å². The highest BCUT2D eigenvalue weighted by molar-refractivity contribution is 14.1. The van der Waals surface area contributed by atoms with E-state index in [9.17, 15) is 32.8 Å². The fourth-order valence-corrected chi connectivity index (χ4v) is 8.62. The maximum Gasteiger partial charge on any atom is 0.329 e. The second kappa shape index (κ2) is 15.2. The van der Waals surface area contributed by atoms with Crippen LogP contribution >= 0.6 is 45.2 Å². The Hall–Kier alpha value is 0.310. The van der Waals surface area contributed by atoms with Gasteiger partial charge in [0.1, 0.15) is 5.92 Å². The maximum absolute atomic E-state index is 12.4. The molecule has 0 rings (SSSR count).